The smallest absolute Gasteiger partial charge is 0.0478 e. The SMILES string of the molecule is Cc1cc(N2CCNC(C)C2)cs1. The molecule has 13 heavy (non-hydrogen) atoms. The molecule has 1 aliphatic rings. The predicted molar refractivity (Wildman–Crippen MR) is 58.7 cm³/mol. The number of nitrogens with zero attached hydrogens (tertiary/aromatic N) is 1. The summed E-state index contributed by atoms with van der Waals surface area (Å²) < 4.78 is 0. The van der Waals surface area contributed by atoms with Gasteiger partial charge in [-0.3, -0.25) is 0 Å². The van der Waals surface area contributed by atoms with Crippen LogP contribution in [0.5, 0.6) is 0 Å². The molecule has 1 unspecified atom stereocenters. The van der Waals surface area contributed by atoms with Crippen molar-refractivity contribution in [1.29, 1.82) is 0 Å². The fourth-order valence-electron chi connectivity index (χ4n) is 1.76. The van der Waals surface area contributed by atoms with Gasteiger partial charge in [-0.05, 0) is 19.9 Å². The topological polar surface area (TPSA) is 15.3 Å². The van der Waals surface area contributed by atoms with Crippen LogP contribution >= 0.6 is 11.3 Å². The first-order valence-electron chi connectivity index (χ1n) is 4.79. The average molecular weight is 196 g/mol. The molecule has 0 aromatic carbocycles. The molecule has 0 bridgehead atoms. The largest absolute Gasteiger partial charge is 0.368 e. The van der Waals surface area contributed by atoms with Crippen LogP contribution in [0.15, 0.2) is 11.4 Å². The minimum absolute atomic E-state index is 0.619. The van der Waals surface area contributed by atoms with E-state index >= 15 is 0 Å². The first kappa shape index (κ1) is 9.03. The van der Waals surface area contributed by atoms with Crippen LogP contribution < -0.4 is 10.2 Å². The van der Waals surface area contributed by atoms with E-state index in [1.807, 2.05) is 11.3 Å². The summed E-state index contributed by atoms with van der Waals surface area (Å²) in [5, 5.41) is 5.71. The van der Waals surface area contributed by atoms with Crippen molar-refractivity contribution < 1.29 is 0 Å². The zero-order valence-electron chi connectivity index (χ0n) is 8.21. The Labute approximate surface area is 83.6 Å². The van der Waals surface area contributed by atoms with Gasteiger partial charge < -0.3 is 10.2 Å². The normalized spacial score (nSPS) is 23.5. The molecule has 2 nitrogen and oxygen atoms in total. The molecule has 1 N–H and O–H groups in total. The molecule has 1 fully saturated rings. The van der Waals surface area contributed by atoms with E-state index in [9.17, 15) is 0 Å². The lowest BCUT2D eigenvalue weighted by atomic mass is 10.2. The Balaban J connectivity index is 2.08. The highest BCUT2D eigenvalue weighted by atomic mass is 32.1. The second-order valence-corrected chi connectivity index (χ2v) is 4.83. The van der Waals surface area contributed by atoms with Gasteiger partial charge in [0.15, 0.2) is 0 Å². The first-order chi connectivity index (χ1) is 6.25. The maximum absolute atomic E-state index is 3.45. The molecule has 1 aromatic rings. The highest BCUT2D eigenvalue weighted by Crippen LogP contribution is 2.23. The molecule has 0 amide bonds. The second kappa shape index (κ2) is 3.68. The fraction of sp³-hybridized carbons (Fsp3) is 0.600. The fourth-order valence-corrected chi connectivity index (χ4v) is 2.47. The molecular formula is C10H16N2S. The van der Waals surface area contributed by atoms with Gasteiger partial charge in [-0.15, -0.1) is 11.3 Å². The number of rotatable bonds is 1. The summed E-state index contributed by atoms with van der Waals surface area (Å²) in [6, 6.07) is 2.90. The number of aryl methyl sites for hydroxylation is 1. The van der Waals surface area contributed by atoms with Crippen LogP contribution in [-0.4, -0.2) is 25.7 Å². The Hall–Kier alpha value is -0.540. The third-order valence-electron chi connectivity index (χ3n) is 2.45. The lowest BCUT2D eigenvalue weighted by molar-refractivity contribution is 0.485. The van der Waals surface area contributed by atoms with Crippen molar-refractivity contribution in [3.8, 4) is 0 Å². The highest BCUT2D eigenvalue weighted by Gasteiger charge is 2.16. The molecule has 0 radical (unpaired) electrons. The number of piperazine rings is 1. The molecule has 72 valence electrons. The zero-order chi connectivity index (χ0) is 9.26. The standard InChI is InChI=1S/C10H16N2S/c1-8-6-12(4-3-11-8)10-5-9(2)13-7-10/h5,7-8,11H,3-4,6H2,1-2H3. The summed E-state index contributed by atoms with van der Waals surface area (Å²) in [7, 11) is 0. The van der Waals surface area contributed by atoms with Crippen LogP contribution in [0.1, 0.15) is 11.8 Å². The number of thiophene rings is 1. The van der Waals surface area contributed by atoms with Gasteiger partial charge in [0.25, 0.3) is 0 Å². The Bertz CT molecular complexity index is 282. The molecule has 1 aromatic heterocycles. The summed E-state index contributed by atoms with van der Waals surface area (Å²) in [4.78, 5) is 3.87. The molecule has 0 aliphatic carbocycles. The Morgan fingerprint density at radius 2 is 2.46 bits per heavy atom. The van der Waals surface area contributed by atoms with Gasteiger partial charge >= 0.3 is 0 Å². The number of hydrogen-bond donors (Lipinski definition) is 1. The average Bonchev–Trinajstić information content (AvgIpc) is 2.52. The number of hydrogen-bond acceptors (Lipinski definition) is 3. The van der Waals surface area contributed by atoms with Crippen LogP contribution in [0.3, 0.4) is 0 Å². The highest BCUT2D eigenvalue weighted by molar-refractivity contribution is 7.10. The van der Waals surface area contributed by atoms with Gasteiger partial charge in [-0.1, -0.05) is 0 Å². The van der Waals surface area contributed by atoms with Crippen molar-refractivity contribution in [2.75, 3.05) is 24.5 Å². The Kier molecular flexibility index (Phi) is 2.56. The van der Waals surface area contributed by atoms with Crippen LogP contribution in [0, 0.1) is 6.92 Å². The molecule has 1 saturated heterocycles. The van der Waals surface area contributed by atoms with Crippen molar-refractivity contribution in [3.63, 3.8) is 0 Å². The second-order valence-electron chi connectivity index (χ2n) is 3.72. The van der Waals surface area contributed by atoms with Gasteiger partial charge in [0, 0.05) is 41.6 Å². The van der Waals surface area contributed by atoms with Crippen LogP contribution in [0.25, 0.3) is 0 Å². The molecule has 1 aliphatic heterocycles. The maximum atomic E-state index is 3.45. The van der Waals surface area contributed by atoms with E-state index in [1.54, 1.807) is 0 Å². The zero-order valence-corrected chi connectivity index (χ0v) is 9.03. The lowest BCUT2D eigenvalue weighted by Gasteiger charge is -2.32. The van der Waals surface area contributed by atoms with Crippen LogP contribution in [0.2, 0.25) is 0 Å². The third-order valence-corrected chi connectivity index (χ3v) is 3.30. The van der Waals surface area contributed by atoms with Gasteiger partial charge in [0.1, 0.15) is 0 Å². The summed E-state index contributed by atoms with van der Waals surface area (Å²) in [6.07, 6.45) is 0. The van der Waals surface area contributed by atoms with E-state index in [0.29, 0.717) is 6.04 Å². The minimum Gasteiger partial charge on any atom is -0.368 e. The summed E-state index contributed by atoms with van der Waals surface area (Å²) in [5.74, 6) is 0. The van der Waals surface area contributed by atoms with Gasteiger partial charge in [0.2, 0.25) is 0 Å². The molecule has 0 spiro atoms. The van der Waals surface area contributed by atoms with Gasteiger partial charge in [-0.25, -0.2) is 0 Å². The molecule has 2 rings (SSSR count). The predicted octanol–water partition coefficient (Wildman–Crippen LogP) is 1.85. The van der Waals surface area contributed by atoms with E-state index in [4.69, 9.17) is 0 Å². The lowest BCUT2D eigenvalue weighted by Crippen LogP contribution is -2.49. The maximum Gasteiger partial charge on any atom is 0.0478 e. The number of anilines is 1. The van der Waals surface area contributed by atoms with Crippen LogP contribution in [-0.2, 0) is 0 Å². The van der Waals surface area contributed by atoms with Crippen molar-refractivity contribution in [1.82, 2.24) is 5.32 Å². The first-order valence-corrected chi connectivity index (χ1v) is 5.67. The summed E-state index contributed by atoms with van der Waals surface area (Å²) >= 11 is 1.84. The summed E-state index contributed by atoms with van der Waals surface area (Å²) in [6.45, 7) is 7.79. The van der Waals surface area contributed by atoms with E-state index in [0.717, 1.165) is 19.6 Å². The third kappa shape index (κ3) is 2.03. The molecule has 0 saturated carbocycles. The van der Waals surface area contributed by atoms with Crippen molar-refractivity contribution >= 4 is 17.0 Å². The van der Waals surface area contributed by atoms with E-state index in [1.165, 1.54) is 10.6 Å². The molecule has 1 atom stereocenters. The van der Waals surface area contributed by atoms with E-state index < -0.39 is 0 Å². The monoisotopic (exact) mass is 196 g/mol. The van der Waals surface area contributed by atoms with Gasteiger partial charge in [0.05, 0.1) is 0 Å². The molecule has 2 heterocycles. The van der Waals surface area contributed by atoms with E-state index in [-0.39, 0.29) is 0 Å². The Morgan fingerprint density at radius 3 is 3.08 bits per heavy atom. The quantitative estimate of drug-likeness (QED) is 0.737. The van der Waals surface area contributed by atoms with Gasteiger partial charge in [-0.2, -0.15) is 0 Å². The van der Waals surface area contributed by atoms with Crippen molar-refractivity contribution in [3.05, 3.63) is 16.3 Å². The number of nitrogens with one attached hydrogen (secondary N) is 1. The van der Waals surface area contributed by atoms with Crippen molar-refractivity contribution in [2.24, 2.45) is 0 Å². The minimum atomic E-state index is 0.619. The van der Waals surface area contributed by atoms with Crippen LogP contribution in [0.4, 0.5) is 5.69 Å². The summed E-state index contributed by atoms with van der Waals surface area (Å²) in [5.41, 5.74) is 1.40. The van der Waals surface area contributed by atoms with Crippen molar-refractivity contribution in [2.45, 2.75) is 19.9 Å². The van der Waals surface area contributed by atoms with E-state index in [2.05, 4.69) is 35.5 Å². The molecular weight excluding hydrogens is 180 g/mol. The Morgan fingerprint density at radius 1 is 1.62 bits per heavy atom. The molecule has 3 heteroatoms.